The van der Waals surface area contributed by atoms with Crippen LogP contribution < -0.4 is 39.7 Å². The summed E-state index contributed by atoms with van der Waals surface area (Å²) in [5, 5.41) is 22.8. The summed E-state index contributed by atoms with van der Waals surface area (Å²) in [6, 6.07) is 3.16. The zero-order valence-electron chi connectivity index (χ0n) is 9.32. The molecular formula is C9H7N4NaO3. The number of nitrogens with zero attached hydrogens (tertiary/aromatic N) is 4. The standard InChI is InChI=1S/C9H8N4O3.Na/c1-16-8-6(5-14)9(15)13(12-8)7-3-2-4-10-11-7;/h2-5,14H,1H3;/q;+1/p-1/b6-5-;. The third-order valence-corrected chi connectivity index (χ3v) is 1.93. The largest absolute Gasteiger partial charge is 1.00 e. The van der Waals surface area contributed by atoms with E-state index in [4.69, 9.17) is 4.74 Å². The maximum atomic E-state index is 11.7. The Kier molecular flexibility index (Phi) is 4.62. The van der Waals surface area contributed by atoms with Crippen molar-refractivity contribution < 1.29 is 44.2 Å². The number of carbonyl (C=O) groups excluding carboxylic acids is 1. The van der Waals surface area contributed by atoms with E-state index in [9.17, 15) is 9.90 Å². The molecule has 0 fully saturated rings. The van der Waals surface area contributed by atoms with Crippen LogP contribution in [0.15, 0.2) is 35.3 Å². The second kappa shape index (κ2) is 5.76. The molecule has 17 heavy (non-hydrogen) atoms. The van der Waals surface area contributed by atoms with E-state index in [0.29, 0.717) is 6.26 Å². The van der Waals surface area contributed by atoms with E-state index < -0.39 is 5.91 Å². The summed E-state index contributed by atoms with van der Waals surface area (Å²) in [6.07, 6.45) is 1.87. The number of amides is 1. The molecule has 0 saturated carbocycles. The normalized spacial score (nSPS) is 16.8. The van der Waals surface area contributed by atoms with Gasteiger partial charge in [-0.25, -0.2) is 0 Å². The summed E-state index contributed by atoms with van der Waals surface area (Å²) in [6.45, 7) is 0. The van der Waals surface area contributed by atoms with Gasteiger partial charge in [0.15, 0.2) is 5.82 Å². The summed E-state index contributed by atoms with van der Waals surface area (Å²) in [7, 11) is 1.33. The number of hydrogen-bond donors (Lipinski definition) is 0. The Morgan fingerprint density at radius 1 is 1.53 bits per heavy atom. The Bertz CT molecular complexity index is 474. The summed E-state index contributed by atoms with van der Waals surface area (Å²) in [5.74, 6) is -0.364. The summed E-state index contributed by atoms with van der Waals surface area (Å²) in [5.41, 5.74) is -0.131. The Morgan fingerprint density at radius 2 is 2.29 bits per heavy atom. The first-order chi connectivity index (χ1) is 7.77. The average Bonchev–Trinajstić information content (AvgIpc) is 2.66. The van der Waals surface area contributed by atoms with Crippen LogP contribution in [-0.4, -0.2) is 29.1 Å². The van der Waals surface area contributed by atoms with Gasteiger partial charge in [0.25, 0.3) is 5.91 Å². The second-order valence-corrected chi connectivity index (χ2v) is 2.84. The molecule has 8 heteroatoms. The van der Waals surface area contributed by atoms with Gasteiger partial charge in [-0.3, -0.25) is 4.79 Å². The fourth-order valence-corrected chi connectivity index (χ4v) is 1.21. The number of ether oxygens (including phenoxy) is 1. The smallest absolute Gasteiger partial charge is 0.877 e. The molecule has 0 radical (unpaired) electrons. The fourth-order valence-electron chi connectivity index (χ4n) is 1.21. The minimum Gasteiger partial charge on any atom is -0.877 e. The van der Waals surface area contributed by atoms with Crippen LogP contribution in [0.5, 0.6) is 0 Å². The van der Waals surface area contributed by atoms with Crippen LogP contribution in [0.3, 0.4) is 0 Å². The van der Waals surface area contributed by atoms with Gasteiger partial charge in [-0.15, -0.1) is 16.5 Å². The minimum atomic E-state index is -0.577. The van der Waals surface area contributed by atoms with Gasteiger partial charge in [0.2, 0.25) is 5.90 Å². The molecule has 1 aliphatic rings. The van der Waals surface area contributed by atoms with Crippen LogP contribution in [0.4, 0.5) is 5.82 Å². The van der Waals surface area contributed by atoms with Crippen molar-refractivity contribution in [1.29, 1.82) is 0 Å². The van der Waals surface area contributed by atoms with Gasteiger partial charge in [0.1, 0.15) is 0 Å². The molecule has 2 rings (SSSR count). The van der Waals surface area contributed by atoms with Gasteiger partial charge in [-0.1, -0.05) is 0 Å². The van der Waals surface area contributed by atoms with Crippen LogP contribution in [0.2, 0.25) is 0 Å². The predicted molar refractivity (Wildman–Crippen MR) is 52.0 cm³/mol. The van der Waals surface area contributed by atoms with Crippen molar-refractivity contribution in [2.75, 3.05) is 12.1 Å². The molecule has 0 unspecified atom stereocenters. The van der Waals surface area contributed by atoms with E-state index in [1.165, 1.54) is 13.3 Å². The van der Waals surface area contributed by atoms with Crippen molar-refractivity contribution in [3.05, 3.63) is 30.2 Å². The first kappa shape index (κ1) is 13.6. The van der Waals surface area contributed by atoms with Crippen LogP contribution >= 0.6 is 0 Å². The number of anilines is 1. The average molecular weight is 242 g/mol. The van der Waals surface area contributed by atoms with E-state index in [1.807, 2.05) is 0 Å². The zero-order chi connectivity index (χ0) is 11.5. The van der Waals surface area contributed by atoms with E-state index in [1.54, 1.807) is 12.1 Å². The van der Waals surface area contributed by atoms with Crippen LogP contribution in [0, 0.1) is 0 Å². The van der Waals surface area contributed by atoms with Crippen molar-refractivity contribution in [2.24, 2.45) is 5.10 Å². The molecule has 82 valence electrons. The molecule has 0 bridgehead atoms. The maximum absolute atomic E-state index is 11.7. The second-order valence-electron chi connectivity index (χ2n) is 2.84. The van der Waals surface area contributed by atoms with Gasteiger partial charge in [0.05, 0.1) is 12.7 Å². The Hall–Kier alpha value is -1.44. The molecule has 7 nitrogen and oxygen atoms in total. The predicted octanol–water partition coefficient (Wildman–Crippen LogP) is -3.97. The zero-order valence-corrected chi connectivity index (χ0v) is 11.3. The van der Waals surface area contributed by atoms with E-state index in [-0.39, 0.29) is 46.8 Å². The van der Waals surface area contributed by atoms with Crippen molar-refractivity contribution in [3.63, 3.8) is 0 Å². The number of hydrazone groups is 1. The van der Waals surface area contributed by atoms with Crippen LogP contribution in [0.1, 0.15) is 0 Å². The number of aromatic nitrogens is 2. The molecule has 0 aromatic carbocycles. The Morgan fingerprint density at radius 3 is 2.76 bits per heavy atom. The fraction of sp³-hybridized carbons (Fsp3) is 0.111. The quantitative estimate of drug-likeness (QED) is 0.284. The monoisotopic (exact) mass is 242 g/mol. The molecule has 2 heterocycles. The van der Waals surface area contributed by atoms with Gasteiger partial charge < -0.3 is 9.84 Å². The maximum Gasteiger partial charge on any atom is 1.00 e. The molecular weight excluding hydrogens is 235 g/mol. The van der Waals surface area contributed by atoms with Crippen LogP contribution in [-0.2, 0) is 9.53 Å². The van der Waals surface area contributed by atoms with Crippen LogP contribution in [0.25, 0.3) is 0 Å². The first-order valence-corrected chi connectivity index (χ1v) is 4.35. The third-order valence-electron chi connectivity index (χ3n) is 1.93. The van der Waals surface area contributed by atoms with E-state index in [0.717, 1.165) is 5.01 Å². The Labute approximate surface area is 119 Å². The molecule has 1 aromatic rings. The van der Waals surface area contributed by atoms with Crippen molar-refractivity contribution >= 4 is 17.6 Å². The molecule has 0 atom stereocenters. The SMILES string of the molecule is COC1=NN(c2cccnn2)C(=O)/C1=C\[O-].[Na+]. The van der Waals surface area contributed by atoms with E-state index in [2.05, 4.69) is 15.3 Å². The summed E-state index contributed by atoms with van der Waals surface area (Å²) < 4.78 is 4.81. The third kappa shape index (κ3) is 2.46. The van der Waals surface area contributed by atoms with Gasteiger partial charge in [-0.2, -0.15) is 10.1 Å². The van der Waals surface area contributed by atoms with Crippen molar-refractivity contribution in [3.8, 4) is 0 Å². The van der Waals surface area contributed by atoms with Crippen molar-refractivity contribution in [1.82, 2.24) is 10.2 Å². The molecule has 0 spiro atoms. The van der Waals surface area contributed by atoms with Crippen molar-refractivity contribution in [2.45, 2.75) is 0 Å². The molecule has 0 saturated heterocycles. The molecule has 1 amide bonds. The van der Waals surface area contributed by atoms with Gasteiger partial charge in [0, 0.05) is 6.20 Å². The Balaban J connectivity index is 0.00000144. The number of rotatable bonds is 1. The van der Waals surface area contributed by atoms with E-state index >= 15 is 0 Å². The summed E-state index contributed by atoms with van der Waals surface area (Å²) >= 11 is 0. The first-order valence-electron chi connectivity index (χ1n) is 4.35. The van der Waals surface area contributed by atoms with Gasteiger partial charge >= 0.3 is 29.6 Å². The number of hydrogen-bond acceptors (Lipinski definition) is 6. The number of methoxy groups -OCH3 is 1. The number of carbonyl (C=O) groups is 1. The molecule has 1 aliphatic heterocycles. The molecule has 0 N–H and O–H groups in total. The van der Waals surface area contributed by atoms with Gasteiger partial charge in [-0.05, 0) is 12.1 Å². The molecule has 1 aromatic heterocycles. The molecule has 0 aliphatic carbocycles. The topological polar surface area (TPSA) is 90.7 Å². The minimum absolute atomic E-state index is 0. The summed E-state index contributed by atoms with van der Waals surface area (Å²) in [4.78, 5) is 11.7.